The molecule has 1 atom stereocenters. The first-order valence-corrected chi connectivity index (χ1v) is 7.82. The number of ketones is 1. The highest BCUT2D eigenvalue weighted by Gasteiger charge is 2.26. The molecule has 0 bridgehead atoms. The molecule has 124 valence electrons. The van der Waals surface area contributed by atoms with E-state index in [-0.39, 0.29) is 17.5 Å². The van der Waals surface area contributed by atoms with Gasteiger partial charge in [0, 0.05) is 12.1 Å². The van der Waals surface area contributed by atoms with Gasteiger partial charge in [0.15, 0.2) is 17.6 Å². The number of benzene rings is 1. The van der Waals surface area contributed by atoms with E-state index in [2.05, 4.69) is 5.32 Å². The quantitative estimate of drug-likeness (QED) is 0.872. The lowest BCUT2D eigenvalue weighted by Gasteiger charge is -2.20. The van der Waals surface area contributed by atoms with E-state index in [0.29, 0.717) is 24.1 Å². The predicted octanol–water partition coefficient (Wildman–Crippen LogP) is 3.20. The Labute approximate surface area is 138 Å². The fraction of sp³-hybridized carbons (Fsp3) is 0.278. The molecule has 1 aromatic heterocycles. The van der Waals surface area contributed by atoms with E-state index in [1.54, 1.807) is 36.4 Å². The van der Waals surface area contributed by atoms with Crippen molar-refractivity contribution in [2.24, 2.45) is 0 Å². The number of hydrogen-bond donors (Lipinski definition) is 1. The van der Waals surface area contributed by atoms with Crippen LogP contribution in [0.15, 0.2) is 47.1 Å². The van der Waals surface area contributed by atoms with Crippen molar-refractivity contribution in [2.45, 2.75) is 31.8 Å². The Morgan fingerprint density at radius 2 is 1.92 bits per heavy atom. The molecular formula is C18H17NO5. The standard InChI is InChI=1S/C18H17NO5/c20-14-4-1-2-5-15(14)24-18(22)12-7-9-13(10-8-12)19-17(21)16-6-3-11-23-16/h3,6-11,15H,1-2,4-5H2,(H,19,21)/t15-/m1/s1. The Balaban J connectivity index is 1.60. The minimum absolute atomic E-state index is 0.0167. The highest BCUT2D eigenvalue weighted by molar-refractivity contribution is 6.02. The Morgan fingerprint density at radius 3 is 2.58 bits per heavy atom. The monoisotopic (exact) mass is 327 g/mol. The zero-order chi connectivity index (χ0) is 16.9. The normalized spacial score (nSPS) is 17.3. The molecule has 0 spiro atoms. The summed E-state index contributed by atoms with van der Waals surface area (Å²) in [6, 6.07) is 9.48. The van der Waals surface area contributed by atoms with E-state index in [1.165, 1.54) is 6.26 Å². The maximum atomic E-state index is 12.1. The summed E-state index contributed by atoms with van der Waals surface area (Å²) in [5, 5.41) is 2.66. The number of furan rings is 1. The van der Waals surface area contributed by atoms with Crippen LogP contribution in [-0.2, 0) is 9.53 Å². The molecule has 3 rings (SSSR count). The third-order valence-corrected chi connectivity index (χ3v) is 3.87. The maximum absolute atomic E-state index is 12.1. The lowest BCUT2D eigenvalue weighted by Crippen LogP contribution is -2.30. The van der Waals surface area contributed by atoms with Gasteiger partial charge < -0.3 is 14.5 Å². The van der Waals surface area contributed by atoms with Gasteiger partial charge in [-0.05, 0) is 55.7 Å². The minimum Gasteiger partial charge on any atom is -0.459 e. The fourth-order valence-corrected chi connectivity index (χ4v) is 2.56. The molecule has 2 aromatic rings. The van der Waals surface area contributed by atoms with Gasteiger partial charge in [-0.1, -0.05) is 0 Å². The molecule has 1 heterocycles. The second-order valence-corrected chi connectivity index (χ2v) is 5.61. The molecule has 1 N–H and O–H groups in total. The summed E-state index contributed by atoms with van der Waals surface area (Å²) in [5.41, 5.74) is 0.867. The van der Waals surface area contributed by atoms with E-state index in [9.17, 15) is 14.4 Å². The van der Waals surface area contributed by atoms with Gasteiger partial charge >= 0.3 is 5.97 Å². The molecule has 1 aliphatic carbocycles. The predicted molar refractivity (Wildman–Crippen MR) is 85.8 cm³/mol. The number of Topliss-reactive ketones (excluding diaryl/α,β-unsaturated/α-hetero) is 1. The van der Waals surface area contributed by atoms with Gasteiger partial charge in [-0.15, -0.1) is 0 Å². The molecule has 6 heteroatoms. The van der Waals surface area contributed by atoms with Crippen molar-refractivity contribution in [1.29, 1.82) is 0 Å². The highest BCUT2D eigenvalue weighted by Crippen LogP contribution is 2.19. The first kappa shape index (κ1) is 16.0. The number of ether oxygens (including phenoxy) is 1. The summed E-state index contributed by atoms with van der Waals surface area (Å²) in [6.45, 7) is 0. The second-order valence-electron chi connectivity index (χ2n) is 5.61. The zero-order valence-corrected chi connectivity index (χ0v) is 13.0. The van der Waals surface area contributed by atoms with Crippen LogP contribution in [0.25, 0.3) is 0 Å². The van der Waals surface area contributed by atoms with Gasteiger partial charge in [0.2, 0.25) is 0 Å². The number of carbonyl (C=O) groups excluding carboxylic acids is 3. The van der Waals surface area contributed by atoms with E-state index in [0.717, 1.165) is 12.8 Å². The summed E-state index contributed by atoms with van der Waals surface area (Å²) in [6.07, 6.45) is 3.58. The third kappa shape index (κ3) is 3.71. The van der Waals surface area contributed by atoms with E-state index in [4.69, 9.17) is 9.15 Å². The van der Waals surface area contributed by atoms with Crippen LogP contribution in [0.1, 0.15) is 46.6 Å². The van der Waals surface area contributed by atoms with Crippen LogP contribution in [0.2, 0.25) is 0 Å². The Morgan fingerprint density at radius 1 is 1.12 bits per heavy atom. The molecule has 0 saturated heterocycles. The smallest absolute Gasteiger partial charge is 0.338 e. The van der Waals surface area contributed by atoms with E-state index >= 15 is 0 Å². The van der Waals surface area contributed by atoms with Crippen molar-refractivity contribution in [3.8, 4) is 0 Å². The van der Waals surface area contributed by atoms with Crippen molar-refractivity contribution in [2.75, 3.05) is 5.32 Å². The van der Waals surface area contributed by atoms with E-state index in [1.807, 2.05) is 0 Å². The van der Waals surface area contributed by atoms with Gasteiger partial charge in [0.1, 0.15) is 0 Å². The average Bonchev–Trinajstić information content (AvgIpc) is 3.12. The topological polar surface area (TPSA) is 85.6 Å². The molecule has 0 unspecified atom stereocenters. The number of esters is 1. The van der Waals surface area contributed by atoms with Crippen molar-refractivity contribution in [3.63, 3.8) is 0 Å². The number of nitrogens with one attached hydrogen (secondary N) is 1. The molecular weight excluding hydrogens is 310 g/mol. The van der Waals surface area contributed by atoms with E-state index < -0.39 is 12.1 Å². The molecule has 1 fully saturated rings. The zero-order valence-electron chi connectivity index (χ0n) is 13.0. The molecule has 6 nitrogen and oxygen atoms in total. The summed E-state index contributed by atoms with van der Waals surface area (Å²) in [5.74, 6) is -0.714. The lowest BCUT2D eigenvalue weighted by atomic mass is 9.96. The SMILES string of the molecule is O=C(O[C@@H]1CCCCC1=O)c1ccc(NC(=O)c2ccco2)cc1. The van der Waals surface area contributed by atoms with Gasteiger partial charge in [0.25, 0.3) is 5.91 Å². The molecule has 1 saturated carbocycles. The Bertz CT molecular complexity index is 733. The molecule has 1 aromatic carbocycles. The summed E-state index contributed by atoms with van der Waals surface area (Å²) < 4.78 is 10.3. The summed E-state index contributed by atoms with van der Waals surface area (Å²) in [7, 11) is 0. The number of rotatable bonds is 4. The molecule has 1 amide bonds. The van der Waals surface area contributed by atoms with Gasteiger partial charge in [-0.2, -0.15) is 0 Å². The molecule has 1 aliphatic rings. The van der Waals surface area contributed by atoms with Crippen molar-refractivity contribution >= 4 is 23.3 Å². The number of hydrogen-bond acceptors (Lipinski definition) is 5. The van der Waals surface area contributed by atoms with Crippen molar-refractivity contribution in [3.05, 3.63) is 54.0 Å². The molecule has 0 radical (unpaired) electrons. The van der Waals surface area contributed by atoms with Crippen LogP contribution in [0.5, 0.6) is 0 Å². The van der Waals surface area contributed by atoms with Crippen molar-refractivity contribution < 1.29 is 23.5 Å². The van der Waals surface area contributed by atoms with Crippen LogP contribution in [0.3, 0.4) is 0 Å². The van der Waals surface area contributed by atoms with Crippen LogP contribution in [-0.4, -0.2) is 23.8 Å². The van der Waals surface area contributed by atoms with Gasteiger partial charge in [0.05, 0.1) is 11.8 Å². The van der Waals surface area contributed by atoms with Crippen LogP contribution >= 0.6 is 0 Å². The first-order chi connectivity index (χ1) is 11.6. The average molecular weight is 327 g/mol. The number of anilines is 1. The van der Waals surface area contributed by atoms with Gasteiger partial charge in [-0.3, -0.25) is 9.59 Å². The number of carbonyl (C=O) groups is 3. The van der Waals surface area contributed by atoms with Crippen LogP contribution < -0.4 is 5.32 Å². The summed E-state index contributed by atoms with van der Waals surface area (Å²) in [4.78, 5) is 35.7. The van der Waals surface area contributed by atoms with Gasteiger partial charge in [-0.25, -0.2) is 4.79 Å². The third-order valence-electron chi connectivity index (χ3n) is 3.87. The van der Waals surface area contributed by atoms with Crippen LogP contribution in [0, 0.1) is 0 Å². The highest BCUT2D eigenvalue weighted by atomic mass is 16.5. The van der Waals surface area contributed by atoms with Crippen molar-refractivity contribution in [1.82, 2.24) is 0 Å². The fourth-order valence-electron chi connectivity index (χ4n) is 2.56. The first-order valence-electron chi connectivity index (χ1n) is 7.82. The minimum atomic E-state index is -0.635. The second kappa shape index (κ2) is 7.12. The molecule has 24 heavy (non-hydrogen) atoms. The summed E-state index contributed by atoms with van der Waals surface area (Å²) >= 11 is 0. The Kier molecular flexibility index (Phi) is 4.74. The number of amides is 1. The van der Waals surface area contributed by atoms with Crippen LogP contribution in [0.4, 0.5) is 5.69 Å². The maximum Gasteiger partial charge on any atom is 0.338 e. The largest absolute Gasteiger partial charge is 0.459 e. The Hall–Kier alpha value is -2.89. The molecule has 0 aliphatic heterocycles. The lowest BCUT2D eigenvalue weighted by molar-refractivity contribution is -0.129.